The van der Waals surface area contributed by atoms with Crippen LogP contribution < -0.4 is 10.6 Å². The number of rotatable bonds is 3. The van der Waals surface area contributed by atoms with Gasteiger partial charge in [-0.25, -0.2) is 0 Å². The molecular weight excluding hydrogens is 220 g/mol. The Morgan fingerprint density at radius 1 is 1.47 bits per heavy atom. The highest BCUT2D eigenvalue weighted by atomic mass is 16.3. The molecule has 1 aromatic carbocycles. The molecule has 0 radical (unpaired) electrons. The van der Waals surface area contributed by atoms with E-state index in [1.165, 1.54) is 4.90 Å². The third-order valence-electron chi connectivity index (χ3n) is 2.91. The monoisotopic (exact) mass is 236 g/mol. The van der Waals surface area contributed by atoms with Gasteiger partial charge in [0.25, 0.3) is 0 Å². The van der Waals surface area contributed by atoms with Gasteiger partial charge in [0, 0.05) is 5.69 Å². The van der Waals surface area contributed by atoms with Gasteiger partial charge in [0.2, 0.25) is 5.91 Å². The second-order valence-corrected chi connectivity index (χ2v) is 4.22. The number of amides is 1. The maximum Gasteiger partial charge on any atom is 0.244 e. The maximum atomic E-state index is 11.9. The third kappa shape index (κ3) is 2.31. The van der Waals surface area contributed by atoms with E-state index in [9.17, 15) is 9.90 Å². The number of nitrogens with zero attached hydrogens (tertiary/aromatic N) is 1. The molecule has 2 rings (SSSR count). The number of anilines is 1. The van der Waals surface area contributed by atoms with E-state index in [-0.39, 0.29) is 19.1 Å². The second kappa shape index (κ2) is 4.83. The van der Waals surface area contributed by atoms with E-state index in [1.807, 2.05) is 24.3 Å². The quantitative estimate of drug-likeness (QED) is 0.645. The van der Waals surface area contributed by atoms with Crippen molar-refractivity contribution in [3.05, 3.63) is 29.8 Å². The summed E-state index contributed by atoms with van der Waals surface area (Å²) in [4.78, 5) is 13.4. The van der Waals surface area contributed by atoms with Crippen molar-refractivity contribution >= 4 is 11.6 Å². The van der Waals surface area contributed by atoms with E-state index < -0.39 is 12.1 Å². The minimum absolute atomic E-state index is 0.0695. The largest absolute Gasteiger partial charge is 0.394 e. The van der Waals surface area contributed by atoms with Gasteiger partial charge in [-0.1, -0.05) is 18.2 Å². The van der Waals surface area contributed by atoms with Gasteiger partial charge >= 0.3 is 0 Å². The van der Waals surface area contributed by atoms with Crippen LogP contribution in [0.5, 0.6) is 0 Å². The normalized spacial score (nSPS) is 21.2. The first-order valence-electron chi connectivity index (χ1n) is 5.57. The van der Waals surface area contributed by atoms with Gasteiger partial charge in [-0.3, -0.25) is 4.79 Å². The van der Waals surface area contributed by atoms with Crippen LogP contribution in [0.25, 0.3) is 0 Å². The van der Waals surface area contributed by atoms with Crippen LogP contribution in [-0.2, 0) is 11.2 Å². The number of hydrogen-bond donors (Lipinski definition) is 3. The van der Waals surface area contributed by atoms with Crippen molar-refractivity contribution < 1.29 is 15.0 Å². The molecule has 1 aliphatic heterocycles. The second-order valence-electron chi connectivity index (χ2n) is 4.22. The Hall–Kier alpha value is -1.43. The summed E-state index contributed by atoms with van der Waals surface area (Å²) in [6, 6.07) is 6.89. The first-order chi connectivity index (χ1) is 8.13. The molecule has 2 atom stereocenters. The maximum absolute atomic E-state index is 11.9. The summed E-state index contributed by atoms with van der Waals surface area (Å²) in [5.74, 6) is -0.212. The number of β-amino-alcohol motifs (C(OH)–C–C–N with tert-alkyl or cyclic N) is 1. The molecule has 0 saturated heterocycles. The summed E-state index contributed by atoms with van der Waals surface area (Å²) in [5.41, 5.74) is 7.53. The predicted octanol–water partition coefficient (Wildman–Crippen LogP) is -0.744. The average Bonchev–Trinajstić information content (AvgIpc) is 2.34. The molecule has 1 amide bonds. The molecule has 0 saturated carbocycles. The van der Waals surface area contributed by atoms with Gasteiger partial charge in [0.1, 0.15) is 0 Å². The van der Waals surface area contributed by atoms with Gasteiger partial charge in [0.15, 0.2) is 0 Å². The van der Waals surface area contributed by atoms with Crippen LogP contribution in [0.1, 0.15) is 5.56 Å². The minimum atomic E-state index is -0.947. The van der Waals surface area contributed by atoms with Gasteiger partial charge in [-0.2, -0.15) is 0 Å². The molecule has 4 N–H and O–H groups in total. The lowest BCUT2D eigenvalue weighted by Gasteiger charge is -2.33. The van der Waals surface area contributed by atoms with Crippen molar-refractivity contribution in [2.45, 2.75) is 18.6 Å². The Morgan fingerprint density at radius 3 is 2.88 bits per heavy atom. The summed E-state index contributed by atoms with van der Waals surface area (Å²) in [7, 11) is 0. The lowest BCUT2D eigenvalue weighted by Crippen LogP contribution is -2.51. The highest BCUT2D eigenvalue weighted by Gasteiger charge is 2.31. The van der Waals surface area contributed by atoms with Gasteiger partial charge in [0.05, 0.1) is 25.3 Å². The Morgan fingerprint density at radius 2 is 2.18 bits per heavy atom. The van der Waals surface area contributed by atoms with E-state index in [0.717, 1.165) is 11.3 Å². The summed E-state index contributed by atoms with van der Waals surface area (Å²) in [5, 5.41) is 18.3. The Kier molecular flexibility index (Phi) is 3.42. The molecule has 5 nitrogen and oxygen atoms in total. The zero-order valence-electron chi connectivity index (χ0n) is 9.41. The van der Waals surface area contributed by atoms with Crippen molar-refractivity contribution in [2.75, 3.05) is 18.1 Å². The molecule has 5 heteroatoms. The molecular formula is C12H16N2O3. The standard InChI is InChI=1S/C12H16N2O3/c13-10-5-8-3-1-2-4-11(8)14(12(10)17)6-9(16)7-15/h1-4,9-10,15-16H,5-7,13H2/t9-,10?/m1/s1. The zero-order chi connectivity index (χ0) is 12.4. The molecule has 1 unspecified atom stereocenters. The first-order valence-corrected chi connectivity index (χ1v) is 5.57. The van der Waals surface area contributed by atoms with E-state index in [2.05, 4.69) is 0 Å². The van der Waals surface area contributed by atoms with Crippen LogP contribution in [0.2, 0.25) is 0 Å². The molecule has 0 aliphatic carbocycles. The van der Waals surface area contributed by atoms with Crippen LogP contribution in [-0.4, -0.2) is 41.4 Å². The summed E-state index contributed by atoms with van der Waals surface area (Å²) < 4.78 is 0. The highest BCUT2D eigenvalue weighted by Crippen LogP contribution is 2.27. The molecule has 92 valence electrons. The summed E-state index contributed by atoms with van der Waals surface area (Å²) >= 11 is 0. The van der Waals surface area contributed by atoms with Gasteiger partial charge in [-0.05, 0) is 18.1 Å². The number of para-hydroxylation sites is 1. The topological polar surface area (TPSA) is 86.8 Å². The number of fused-ring (bicyclic) bond motifs is 1. The zero-order valence-corrected chi connectivity index (χ0v) is 9.41. The van der Waals surface area contributed by atoms with E-state index in [1.54, 1.807) is 0 Å². The van der Waals surface area contributed by atoms with Crippen LogP contribution >= 0.6 is 0 Å². The van der Waals surface area contributed by atoms with Crippen molar-refractivity contribution in [3.8, 4) is 0 Å². The van der Waals surface area contributed by atoms with Crippen molar-refractivity contribution in [3.63, 3.8) is 0 Å². The first kappa shape index (κ1) is 12.0. The Bertz CT molecular complexity index is 422. The number of hydrogen-bond acceptors (Lipinski definition) is 4. The van der Waals surface area contributed by atoms with Crippen LogP contribution in [0, 0.1) is 0 Å². The number of aliphatic hydroxyl groups is 2. The molecule has 0 aromatic heterocycles. The van der Waals surface area contributed by atoms with Crippen molar-refractivity contribution in [1.29, 1.82) is 0 Å². The fourth-order valence-corrected chi connectivity index (χ4v) is 2.05. The molecule has 1 aromatic rings. The lowest BCUT2D eigenvalue weighted by atomic mass is 9.97. The fraction of sp³-hybridized carbons (Fsp3) is 0.417. The lowest BCUT2D eigenvalue weighted by molar-refractivity contribution is -0.120. The fourth-order valence-electron chi connectivity index (χ4n) is 2.05. The molecule has 0 bridgehead atoms. The number of carbonyl (C=O) groups is 1. The Balaban J connectivity index is 2.32. The number of carbonyl (C=O) groups excluding carboxylic acids is 1. The van der Waals surface area contributed by atoms with Crippen LogP contribution in [0.4, 0.5) is 5.69 Å². The van der Waals surface area contributed by atoms with Gasteiger partial charge < -0.3 is 20.8 Å². The molecule has 1 heterocycles. The number of nitrogens with two attached hydrogens (primary N) is 1. The molecule has 17 heavy (non-hydrogen) atoms. The Labute approximate surface area is 99.5 Å². The van der Waals surface area contributed by atoms with Gasteiger partial charge in [-0.15, -0.1) is 0 Å². The van der Waals surface area contributed by atoms with Crippen molar-refractivity contribution in [2.24, 2.45) is 5.73 Å². The van der Waals surface area contributed by atoms with E-state index in [0.29, 0.717) is 6.42 Å². The molecule has 1 aliphatic rings. The predicted molar refractivity (Wildman–Crippen MR) is 63.6 cm³/mol. The highest BCUT2D eigenvalue weighted by molar-refractivity contribution is 6.00. The smallest absolute Gasteiger partial charge is 0.244 e. The molecule has 0 fully saturated rings. The van der Waals surface area contributed by atoms with Crippen LogP contribution in [0.3, 0.4) is 0 Å². The SMILES string of the molecule is NC1Cc2ccccc2N(C[C@@H](O)CO)C1=O. The third-order valence-corrected chi connectivity index (χ3v) is 2.91. The van der Waals surface area contributed by atoms with E-state index >= 15 is 0 Å². The molecule has 0 spiro atoms. The number of benzene rings is 1. The summed E-state index contributed by atoms with van der Waals surface area (Å²) in [6.07, 6.45) is -0.432. The van der Waals surface area contributed by atoms with E-state index in [4.69, 9.17) is 10.8 Å². The van der Waals surface area contributed by atoms with Crippen molar-refractivity contribution in [1.82, 2.24) is 0 Å². The number of aliphatic hydroxyl groups excluding tert-OH is 2. The minimum Gasteiger partial charge on any atom is -0.394 e. The van der Waals surface area contributed by atoms with Crippen LogP contribution in [0.15, 0.2) is 24.3 Å². The summed E-state index contributed by atoms with van der Waals surface area (Å²) in [6.45, 7) is -0.304. The average molecular weight is 236 g/mol.